The molecule has 0 amide bonds. The first kappa shape index (κ1) is 14.1. The standard InChI is InChI=1S/C9H6F5NO3/c1-17-6-2-5(18-9(12,13)14)4(3-16)15-7(6)8(10)11/h2-3,8H,1H3. The molecule has 0 fully saturated rings. The molecular weight excluding hydrogens is 265 g/mol. The number of hydrogen-bond donors (Lipinski definition) is 0. The molecular formula is C9H6F5NO3. The zero-order valence-electron chi connectivity index (χ0n) is 8.79. The van der Waals surface area contributed by atoms with Crippen LogP contribution in [0.2, 0.25) is 0 Å². The predicted octanol–water partition coefficient (Wildman–Crippen LogP) is 2.74. The molecule has 0 N–H and O–H groups in total. The molecule has 1 rings (SSSR count). The lowest BCUT2D eigenvalue weighted by atomic mass is 10.2. The summed E-state index contributed by atoms with van der Waals surface area (Å²) in [7, 11) is 0.973. The normalized spacial score (nSPS) is 11.5. The number of nitrogens with zero attached hydrogens (tertiary/aromatic N) is 1. The topological polar surface area (TPSA) is 48.4 Å². The van der Waals surface area contributed by atoms with E-state index in [1.807, 2.05) is 0 Å². The van der Waals surface area contributed by atoms with Crippen molar-refractivity contribution in [3.63, 3.8) is 0 Å². The molecule has 0 unspecified atom stereocenters. The van der Waals surface area contributed by atoms with Crippen LogP contribution in [0.1, 0.15) is 22.6 Å². The molecule has 0 spiro atoms. The van der Waals surface area contributed by atoms with Gasteiger partial charge < -0.3 is 9.47 Å². The van der Waals surface area contributed by atoms with Crippen molar-refractivity contribution in [3.8, 4) is 11.5 Å². The number of halogens is 5. The summed E-state index contributed by atoms with van der Waals surface area (Å²) in [4.78, 5) is 13.6. The molecule has 0 aliphatic carbocycles. The second-order valence-electron chi connectivity index (χ2n) is 2.93. The number of aromatic nitrogens is 1. The number of carbonyl (C=O) groups is 1. The van der Waals surface area contributed by atoms with Crippen LogP contribution < -0.4 is 9.47 Å². The van der Waals surface area contributed by atoms with Crippen LogP contribution in [0.4, 0.5) is 22.0 Å². The molecule has 0 aliphatic rings. The minimum Gasteiger partial charge on any atom is -0.494 e. The highest BCUT2D eigenvalue weighted by atomic mass is 19.4. The molecule has 4 nitrogen and oxygen atoms in total. The summed E-state index contributed by atoms with van der Waals surface area (Å²) in [5.41, 5.74) is -1.82. The number of aldehydes is 1. The minimum absolute atomic E-state index is 0.119. The van der Waals surface area contributed by atoms with Gasteiger partial charge in [0, 0.05) is 6.07 Å². The minimum atomic E-state index is -5.07. The van der Waals surface area contributed by atoms with Crippen LogP contribution in [0.5, 0.6) is 11.5 Å². The molecule has 100 valence electrons. The van der Waals surface area contributed by atoms with Crippen LogP contribution in [-0.4, -0.2) is 24.7 Å². The fourth-order valence-electron chi connectivity index (χ4n) is 1.12. The van der Waals surface area contributed by atoms with E-state index in [0.29, 0.717) is 6.07 Å². The SMILES string of the molecule is COc1cc(OC(F)(F)F)c(C=O)nc1C(F)F. The van der Waals surface area contributed by atoms with E-state index >= 15 is 0 Å². The number of rotatable bonds is 4. The fraction of sp³-hybridized carbons (Fsp3) is 0.333. The van der Waals surface area contributed by atoms with Gasteiger partial charge in [-0.15, -0.1) is 13.2 Å². The van der Waals surface area contributed by atoms with Gasteiger partial charge in [0.2, 0.25) is 0 Å². The lowest BCUT2D eigenvalue weighted by molar-refractivity contribution is -0.274. The Morgan fingerprint density at radius 3 is 2.33 bits per heavy atom. The van der Waals surface area contributed by atoms with Crippen molar-refractivity contribution in [1.29, 1.82) is 0 Å². The van der Waals surface area contributed by atoms with Crippen molar-refractivity contribution in [3.05, 3.63) is 17.5 Å². The fourth-order valence-corrected chi connectivity index (χ4v) is 1.12. The number of alkyl halides is 5. The van der Waals surface area contributed by atoms with E-state index in [1.54, 1.807) is 0 Å². The largest absolute Gasteiger partial charge is 0.573 e. The van der Waals surface area contributed by atoms with Gasteiger partial charge in [0.15, 0.2) is 12.0 Å². The molecule has 1 heterocycles. The van der Waals surface area contributed by atoms with E-state index in [2.05, 4.69) is 14.5 Å². The lowest BCUT2D eigenvalue weighted by Gasteiger charge is -2.13. The molecule has 0 saturated heterocycles. The van der Waals surface area contributed by atoms with E-state index < -0.39 is 35.7 Å². The number of pyridine rings is 1. The number of hydrogen-bond acceptors (Lipinski definition) is 4. The Morgan fingerprint density at radius 1 is 1.33 bits per heavy atom. The first-order chi connectivity index (χ1) is 8.28. The highest BCUT2D eigenvalue weighted by molar-refractivity contribution is 5.77. The smallest absolute Gasteiger partial charge is 0.494 e. The van der Waals surface area contributed by atoms with Crippen molar-refractivity contribution in [2.75, 3.05) is 7.11 Å². The Labute approximate surface area is 97.3 Å². The van der Waals surface area contributed by atoms with Crippen LogP contribution >= 0.6 is 0 Å². The van der Waals surface area contributed by atoms with Gasteiger partial charge in [-0.05, 0) is 0 Å². The maximum Gasteiger partial charge on any atom is 0.573 e. The Morgan fingerprint density at radius 2 is 1.94 bits per heavy atom. The molecule has 0 atom stereocenters. The van der Waals surface area contributed by atoms with Crippen molar-refractivity contribution in [2.45, 2.75) is 12.8 Å². The van der Waals surface area contributed by atoms with Crippen molar-refractivity contribution < 1.29 is 36.2 Å². The summed E-state index contributed by atoms with van der Waals surface area (Å²) in [6.45, 7) is 0. The van der Waals surface area contributed by atoms with Gasteiger partial charge >= 0.3 is 6.36 Å². The van der Waals surface area contributed by atoms with Crippen LogP contribution in [-0.2, 0) is 0 Å². The quantitative estimate of drug-likeness (QED) is 0.624. The maximum absolute atomic E-state index is 12.5. The van der Waals surface area contributed by atoms with E-state index in [9.17, 15) is 26.7 Å². The van der Waals surface area contributed by atoms with E-state index in [4.69, 9.17) is 0 Å². The van der Waals surface area contributed by atoms with Gasteiger partial charge in [0.05, 0.1) is 7.11 Å². The van der Waals surface area contributed by atoms with Crippen molar-refractivity contribution in [1.82, 2.24) is 4.98 Å². The third-order valence-electron chi connectivity index (χ3n) is 1.77. The highest BCUT2D eigenvalue weighted by Gasteiger charge is 2.33. The van der Waals surface area contributed by atoms with Crippen LogP contribution in [0, 0.1) is 0 Å². The second-order valence-corrected chi connectivity index (χ2v) is 2.93. The van der Waals surface area contributed by atoms with E-state index in [-0.39, 0.29) is 6.29 Å². The Balaban J connectivity index is 3.30. The Kier molecular flexibility index (Phi) is 4.04. The van der Waals surface area contributed by atoms with E-state index in [0.717, 1.165) is 7.11 Å². The molecule has 0 radical (unpaired) electrons. The average molecular weight is 271 g/mol. The Hall–Kier alpha value is -1.93. The second kappa shape index (κ2) is 5.15. The van der Waals surface area contributed by atoms with Crippen molar-refractivity contribution >= 4 is 6.29 Å². The third kappa shape index (κ3) is 3.28. The summed E-state index contributed by atoms with van der Waals surface area (Å²) in [5, 5.41) is 0. The highest BCUT2D eigenvalue weighted by Crippen LogP contribution is 2.34. The summed E-state index contributed by atoms with van der Waals surface area (Å²) in [6, 6.07) is 0.533. The monoisotopic (exact) mass is 271 g/mol. The van der Waals surface area contributed by atoms with Gasteiger partial charge in [-0.1, -0.05) is 0 Å². The van der Waals surface area contributed by atoms with Gasteiger partial charge in [0.1, 0.15) is 17.1 Å². The zero-order valence-corrected chi connectivity index (χ0v) is 8.79. The van der Waals surface area contributed by atoms with Crippen LogP contribution in [0.15, 0.2) is 6.07 Å². The predicted molar refractivity (Wildman–Crippen MR) is 47.8 cm³/mol. The average Bonchev–Trinajstić information content (AvgIpc) is 2.25. The summed E-state index contributed by atoms with van der Waals surface area (Å²) in [6.07, 6.45) is -8.29. The van der Waals surface area contributed by atoms with Gasteiger partial charge in [-0.3, -0.25) is 4.79 Å². The first-order valence-electron chi connectivity index (χ1n) is 4.36. The van der Waals surface area contributed by atoms with E-state index in [1.165, 1.54) is 0 Å². The molecule has 0 bridgehead atoms. The molecule has 1 aromatic rings. The molecule has 18 heavy (non-hydrogen) atoms. The van der Waals surface area contributed by atoms with Crippen LogP contribution in [0.3, 0.4) is 0 Å². The summed E-state index contributed by atoms with van der Waals surface area (Å²) < 4.78 is 68.9. The summed E-state index contributed by atoms with van der Waals surface area (Å²) >= 11 is 0. The molecule has 9 heteroatoms. The molecule has 0 aliphatic heterocycles. The maximum atomic E-state index is 12.5. The molecule has 0 saturated carbocycles. The molecule has 1 aromatic heterocycles. The molecule has 0 aromatic carbocycles. The lowest BCUT2D eigenvalue weighted by Crippen LogP contribution is -2.19. The van der Waals surface area contributed by atoms with Crippen LogP contribution in [0.25, 0.3) is 0 Å². The van der Waals surface area contributed by atoms with Gasteiger partial charge in [-0.2, -0.15) is 0 Å². The van der Waals surface area contributed by atoms with Gasteiger partial charge in [0.25, 0.3) is 6.43 Å². The Bertz CT molecular complexity index is 447. The summed E-state index contributed by atoms with van der Waals surface area (Å²) in [5.74, 6) is -1.60. The van der Waals surface area contributed by atoms with Gasteiger partial charge in [-0.25, -0.2) is 13.8 Å². The zero-order chi connectivity index (χ0) is 13.9. The van der Waals surface area contributed by atoms with Crippen molar-refractivity contribution in [2.24, 2.45) is 0 Å². The third-order valence-corrected chi connectivity index (χ3v) is 1.77. The number of ether oxygens (including phenoxy) is 2. The number of carbonyl (C=O) groups excluding carboxylic acids is 1. The number of methoxy groups -OCH3 is 1. The first-order valence-corrected chi connectivity index (χ1v) is 4.36.